The monoisotopic (exact) mass is 390 g/mol. The van der Waals surface area contributed by atoms with Crippen molar-refractivity contribution in [2.24, 2.45) is 0 Å². The fourth-order valence-electron chi connectivity index (χ4n) is 3.38. The number of hydrogen-bond donors (Lipinski definition) is 2. The molecule has 0 amide bonds. The van der Waals surface area contributed by atoms with E-state index in [0.717, 1.165) is 24.7 Å². The average Bonchev–Trinajstić information content (AvgIpc) is 2.63. The lowest BCUT2D eigenvalue weighted by molar-refractivity contribution is -0.0273. The molecule has 1 aliphatic heterocycles. The Morgan fingerprint density at radius 2 is 1.78 bits per heavy atom. The predicted octanol–water partition coefficient (Wildman–Crippen LogP) is 3.39. The summed E-state index contributed by atoms with van der Waals surface area (Å²) in [5.41, 5.74) is 0.211. The van der Waals surface area contributed by atoms with E-state index in [0.29, 0.717) is 18.3 Å². The Kier molecular flexibility index (Phi) is 6.15. The standard InChI is InChI=1S/C21H27ClN2O3/c1-16-13-23(18-5-3-17(22)4-6-18)11-12-24(16)14-21(2,26)15-27-20-9-7-19(25)8-10-20/h3-10,16,25-26H,11-15H2,1-2H3/t16-,21+/m0/s1. The lowest BCUT2D eigenvalue weighted by atomic mass is 10.0. The number of hydrogen-bond acceptors (Lipinski definition) is 5. The zero-order valence-electron chi connectivity index (χ0n) is 15.8. The molecule has 0 aromatic heterocycles. The number of β-amino-alcohol motifs (C(OH)–C–C–N with tert-alkyl or cyclic N) is 1. The van der Waals surface area contributed by atoms with Gasteiger partial charge in [0.25, 0.3) is 0 Å². The number of rotatable bonds is 6. The summed E-state index contributed by atoms with van der Waals surface area (Å²) in [6.45, 7) is 7.39. The largest absolute Gasteiger partial charge is 0.508 e. The van der Waals surface area contributed by atoms with Crippen LogP contribution in [0.1, 0.15) is 13.8 Å². The third-order valence-corrected chi connectivity index (χ3v) is 5.14. The molecule has 0 aliphatic carbocycles. The van der Waals surface area contributed by atoms with Crippen LogP contribution in [0.3, 0.4) is 0 Å². The Bertz CT molecular complexity index is 734. The number of phenolic OH excluding ortho intramolecular Hbond substituents is 1. The molecule has 6 heteroatoms. The number of nitrogens with zero attached hydrogens (tertiary/aromatic N) is 2. The number of phenols is 1. The van der Waals surface area contributed by atoms with Crippen LogP contribution in [0, 0.1) is 0 Å². The van der Waals surface area contributed by atoms with Crippen molar-refractivity contribution in [3.8, 4) is 11.5 Å². The molecule has 2 N–H and O–H groups in total. The number of piperazine rings is 1. The minimum Gasteiger partial charge on any atom is -0.508 e. The summed E-state index contributed by atoms with van der Waals surface area (Å²) >= 11 is 5.98. The fourth-order valence-corrected chi connectivity index (χ4v) is 3.51. The van der Waals surface area contributed by atoms with Crippen LogP contribution in [0.2, 0.25) is 5.02 Å². The van der Waals surface area contributed by atoms with E-state index in [9.17, 15) is 10.2 Å². The van der Waals surface area contributed by atoms with Crippen molar-refractivity contribution in [3.63, 3.8) is 0 Å². The molecule has 0 bridgehead atoms. The molecule has 1 fully saturated rings. The summed E-state index contributed by atoms with van der Waals surface area (Å²) in [6, 6.07) is 14.8. The summed E-state index contributed by atoms with van der Waals surface area (Å²) in [6.07, 6.45) is 0. The molecule has 1 saturated heterocycles. The number of anilines is 1. The Balaban J connectivity index is 1.52. The molecular formula is C21H27ClN2O3. The molecule has 0 saturated carbocycles. The van der Waals surface area contributed by atoms with E-state index in [4.69, 9.17) is 16.3 Å². The van der Waals surface area contributed by atoms with Gasteiger partial charge in [0.15, 0.2) is 0 Å². The van der Waals surface area contributed by atoms with Gasteiger partial charge in [-0.2, -0.15) is 0 Å². The van der Waals surface area contributed by atoms with E-state index in [2.05, 4.69) is 16.7 Å². The van der Waals surface area contributed by atoms with E-state index >= 15 is 0 Å². The minimum atomic E-state index is -0.964. The summed E-state index contributed by atoms with van der Waals surface area (Å²) in [5, 5.41) is 20.8. The average molecular weight is 391 g/mol. The molecule has 5 nitrogen and oxygen atoms in total. The lowest BCUT2D eigenvalue weighted by Gasteiger charge is -2.43. The van der Waals surface area contributed by atoms with Gasteiger partial charge in [0.05, 0.1) is 0 Å². The molecule has 2 atom stereocenters. The van der Waals surface area contributed by atoms with E-state index in [1.807, 2.05) is 24.3 Å². The lowest BCUT2D eigenvalue weighted by Crippen LogP contribution is -2.56. The van der Waals surface area contributed by atoms with Gasteiger partial charge in [-0.3, -0.25) is 4.90 Å². The van der Waals surface area contributed by atoms with Crippen molar-refractivity contribution in [2.45, 2.75) is 25.5 Å². The Morgan fingerprint density at radius 3 is 2.41 bits per heavy atom. The quantitative estimate of drug-likeness (QED) is 0.791. The van der Waals surface area contributed by atoms with Crippen molar-refractivity contribution in [3.05, 3.63) is 53.6 Å². The normalized spacial score (nSPS) is 20.3. The fraction of sp³-hybridized carbons (Fsp3) is 0.429. The number of benzene rings is 2. The maximum absolute atomic E-state index is 10.8. The Morgan fingerprint density at radius 1 is 1.11 bits per heavy atom. The Labute approximate surface area is 165 Å². The van der Waals surface area contributed by atoms with Crippen LogP contribution >= 0.6 is 11.6 Å². The second-order valence-electron chi connectivity index (χ2n) is 7.52. The summed E-state index contributed by atoms with van der Waals surface area (Å²) in [4.78, 5) is 4.64. The summed E-state index contributed by atoms with van der Waals surface area (Å²) < 4.78 is 5.69. The molecule has 1 aliphatic rings. The van der Waals surface area contributed by atoms with Crippen molar-refractivity contribution in [2.75, 3.05) is 37.7 Å². The molecule has 2 aromatic rings. The molecule has 1 heterocycles. The van der Waals surface area contributed by atoms with Gasteiger partial charge in [0.1, 0.15) is 23.7 Å². The first kappa shape index (κ1) is 19.8. The van der Waals surface area contributed by atoms with Crippen LogP contribution in [-0.2, 0) is 0 Å². The maximum Gasteiger partial charge on any atom is 0.119 e. The molecule has 0 unspecified atom stereocenters. The Hall–Kier alpha value is -1.95. The highest BCUT2D eigenvalue weighted by molar-refractivity contribution is 6.30. The maximum atomic E-state index is 10.8. The SMILES string of the molecule is C[C@H]1CN(c2ccc(Cl)cc2)CCN1C[C@@](C)(O)COc1ccc(O)cc1. The van der Waals surface area contributed by atoms with Crippen LogP contribution in [0.15, 0.2) is 48.5 Å². The van der Waals surface area contributed by atoms with Gasteiger partial charge < -0.3 is 19.8 Å². The van der Waals surface area contributed by atoms with Gasteiger partial charge in [-0.25, -0.2) is 0 Å². The van der Waals surface area contributed by atoms with Crippen LogP contribution in [0.4, 0.5) is 5.69 Å². The van der Waals surface area contributed by atoms with Crippen LogP contribution < -0.4 is 9.64 Å². The number of ether oxygens (including phenoxy) is 1. The van der Waals surface area contributed by atoms with E-state index in [-0.39, 0.29) is 12.4 Å². The molecule has 2 aromatic carbocycles. The highest BCUT2D eigenvalue weighted by Gasteiger charge is 2.31. The van der Waals surface area contributed by atoms with Gasteiger partial charge in [-0.05, 0) is 62.4 Å². The topological polar surface area (TPSA) is 56.2 Å². The first-order valence-electron chi connectivity index (χ1n) is 9.21. The smallest absolute Gasteiger partial charge is 0.119 e. The van der Waals surface area contributed by atoms with Gasteiger partial charge in [-0.1, -0.05) is 11.6 Å². The van der Waals surface area contributed by atoms with Crippen molar-refractivity contribution < 1.29 is 14.9 Å². The van der Waals surface area contributed by atoms with Crippen molar-refractivity contribution in [1.82, 2.24) is 4.90 Å². The van der Waals surface area contributed by atoms with Gasteiger partial charge in [0, 0.05) is 42.9 Å². The zero-order chi connectivity index (χ0) is 19.4. The zero-order valence-corrected chi connectivity index (χ0v) is 16.6. The van der Waals surface area contributed by atoms with Crippen LogP contribution in [0.25, 0.3) is 0 Å². The van der Waals surface area contributed by atoms with Gasteiger partial charge >= 0.3 is 0 Å². The molecule has 0 radical (unpaired) electrons. The molecule has 0 spiro atoms. The number of aliphatic hydroxyl groups is 1. The minimum absolute atomic E-state index is 0.196. The first-order chi connectivity index (χ1) is 12.8. The second kappa shape index (κ2) is 8.38. The second-order valence-corrected chi connectivity index (χ2v) is 7.96. The summed E-state index contributed by atoms with van der Waals surface area (Å²) in [7, 11) is 0. The van der Waals surface area contributed by atoms with E-state index in [1.165, 1.54) is 5.69 Å². The molecule has 27 heavy (non-hydrogen) atoms. The first-order valence-corrected chi connectivity index (χ1v) is 9.59. The number of halogens is 1. The highest BCUT2D eigenvalue weighted by Crippen LogP contribution is 2.23. The number of aromatic hydroxyl groups is 1. The van der Waals surface area contributed by atoms with E-state index < -0.39 is 5.60 Å². The van der Waals surface area contributed by atoms with E-state index in [1.54, 1.807) is 31.2 Å². The van der Waals surface area contributed by atoms with Crippen molar-refractivity contribution >= 4 is 17.3 Å². The van der Waals surface area contributed by atoms with Crippen molar-refractivity contribution in [1.29, 1.82) is 0 Å². The third kappa shape index (κ3) is 5.51. The highest BCUT2D eigenvalue weighted by atomic mass is 35.5. The third-order valence-electron chi connectivity index (χ3n) is 4.89. The molecule has 3 rings (SSSR count). The molecule has 146 valence electrons. The molecular weight excluding hydrogens is 364 g/mol. The van der Waals surface area contributed by atoms with Gasteiger partial charge in [0.2, 0.25) is 0 Å². The predicted molar refractivity (Wildman–Crippen MR) is 109 cm³/mol. The van der Waals surface area contributed by atoms with Crippen LogP contribution in [0.5, 0.6) is 11.5 Å². The van der Waals surface area contributed by atoms with Gasteiger partial charge in [-0.15, -0.1) is 0 Å². The van der Waals surface area contributed by atoms with Crippen LogP contribution in [-0.4, -0.2) is 59.5 Å². The summed E-state index contributed by atoms with van der Waals surface area (Å²) in [5.74, 6) is 0.829.